The Balaban J connectivity index is 2.00. The Hall–Kier alpha value is -2.16. The molecule has 0 aliphatic heterocycles. The fourth-order valence-corrected chi connectivity index (χ4v) is 5.08. The zero-order valence-corrected chi connectivity index (χ0v) is 16.7. The molecular formula is C18H15NO4S3. The third kappa shape index (κ3) is 3.82. The number of thiazole rings is 1. The second-order valence-corrected chi connectivity index (χ2v) is 8.12. The number of thioether (sulfide) groups is 1. The molecule has 0 aliphatic carbocycles. The lowest BCUT2D eigenvalue weighted by molar-refractivity contribution is -0.131. The number of rotatable bonds is 5. The third-order valence-electron chi connectivity index (χ3n) is 3.42. The summed E-state index contributed by atoms with van der Waals surface area (Å²) in [4.78, 5) is 28.4. The second kappa shape index (κ2) is 8.03. The first-order chi connectivity index (χ1) is 12.5. The smallest absolute Gasteiger partial charge is 0.348 e. The molecule has 0 aliphatic rings. The predicted octanol–water partition coefficient (Wildman–Crippen LogP) is 4.97. The highest BCUT2D eigenvalue weighted by Gasteiger charge is 2.19. The number of hydrogen-bond donors (Lipinski definition) is 0. The topological polar surface area (TPSA) is 65.5 Å². The van der Waals surface area contributed by atoms with Crippen molar-refractivity contribution in [2.75, 3.05) is 13.4 Å². The molecule has 0 radical (unpaired) electrons. The van der Waals surface area contributed by atoms with Crippen molar-refractivity contribution < 1.29 is 19.1 Å². The average molecular weight is 406 g/mol. The van der Waals surface area contributed by atoms with Crippen LogP contribution in [0.15, 0.2) is 39.9 Å². The van der Waals surface area contributed by atoms with Gasteiger partial charge in [0, 0.05) is 23.4 Å². The first-order valence-electron chi connectivity index (χ1n) is 7.53. The largest absolute Gasteiger partial charge is 0.465 e. The molecule has 0 amide bonds. The summed E-state index contributed by atoms with van der Waals surface area (Å²) >= 11 is 4.43. The van der Waals surface area contributed by atoms with E-state index in [9.17, 15) is 9.59 Å². The van der Waals surface area contributed by atoms with E-state index in [1.54, 1.807) is 17.8 Å². The number of benzene rings is 1. The first-order valence-corrected chi connectivity index (χ1v) is 10.5. The Morgan fingerprint density at radius 1 is 1.19 bits per heavy atom. The van der Waals surface area contributed by atoms with Crippen LogP contribution in [0.3, 0.4) is 0 Å². The summed E-state index contributed by atoms with van der Waals surface area (Å²) in [6.07, 6.45) is 1.96. The van der Waals surface area contributed by atoms with E-state index in [0.717, 1.165) is 26.0 Å². The third-order valence-corrected chi connectivity index (χ3v) is 6.55. The summed E-state index contributed by atoms with van der Waals surface area (Å²) in [6, 6.07) is 9.09. The fourth-order valence-electron chi connectivity index (χ4n) is 2.32. The standard InChI is InChI=1S/C18H15NO4S3/c1-10(20)23-14-7-5-4-6-11(14)13-9-25-16(19-13)12-8-15(17(21)22-2)26-18(12)24-3/h4-9H,1-3H3. The van der Waals surface area contributed by atoms with Gasteiger partial charge in [0.1, 0.15) is 15.6 Å². The molecular weight excluding hydrogens is 390 g/mol. The van der Waals surface area contributed by atoms with Crippen molar-refractivity contribution in [2.45, 2.75) is 11.1 Å². The lowest BCUT2D eigenvalue weighted by Crippen LogP contribution is -2.02. The minimum Gasteiger partial charge on any atom is -0.465 e. The molecule has 0 bridgehead atoms. The zero-order valence-electron chi connectivity index (χ0n) is 14.3. The maximum absolute atomic E-state index is 11.8. The minimum atomic E-state index is -0.377. The van der Waals surface area contributed by atoms with Crippen molar-refractivity contribution in [3.05, 3.63) is 40.6 Å². The van der Waals surface area contributed by atoms with E-state index in [0.29, 0.717) is 10.6 Å². The molecule has 0 spiro atoms. The van der Waals surface area contributed by atoms with Gasteiger partial charge in [-0.2, -0.15) is 0 Å². The highest BCUT2D eigenvalue weighted by molar-refractivity contribution is 8.00. The van der Waals surface area contributed by atoms with Crippen LogP contribution in [0, 0.1) is 0 Å². The molecule has 0 atom stereocenters. The van der Waals surface area contributed by atoms with Gasteiger partial charge in [0.2, 0.25) is 0 Å². The van der Waals surface area contributed by atoms with Crippen molar-refractivity contribution in [1.82, 2.24) is 4.98 Å². The van der Waals surface area contributed by atoms with Crippen LogP contribution in [0.5, 0.6) is 5.75 Å². The van der Waals surface area contributed by atoms with E-state index in [4.69, 9.17) is 14.5 Å². The molecule has 2 heterocycles. The number of esters is 2. The molecule has 26 heavy (non-hydrogen) atoms. The summed E-state index contributed by atoms with van der Waals surface area (Å²) in [5, 5.41) is 2.71. The number of carbonyl (C=O) groups excluding carboxylic acids is 2. The van der Waals surface area contributed by atoms with Gasteiger partial charge in [0.05, 0.1) is 17.0 Å². The minimum absolute atomic E-state index is 0.353. The Morgan fingerprint density at radius 3 is 2.65 bits per heavy atom. The average Bonchev–Trinajstić information content (AvgIpc) is 3.27. The molecule has 5 nitrogen and oxygen atoms in total. The van der Waals surface area contributed by atoms with Gasteiger partial charge in [0.25, 0.3) is 0 Å². The van der Waals surface area contributed by atoms with Gasteiger partial charge in [-0.1, -0.05) is 12.1 Å². The summed E-state index contributed by atoms with van der Waals surface area (Å²) in [6.45, 7) is 1.37. The van der Waals surface area contributed by atoms with Crippen LogP contribution < -0.4 is 4.74 Å². The zero-order chi connectivity index (χ0) is 18.7. The monoisotopic (exact) mass is 405 g/mol. The summed E-state index contributed by atoms with van der Waals surface area (Å²) in [5.41, 5.74) is 2.38. The lowest BCUT2D eigenvalue weighted by atomic mass is 10.1. The van der Waals surface area contributed by atoms with Crippen molar-refractivity contribution in [2.24, 2.45) is 0 Å². The van der Waals surface area contributed by atoms with Gasteiger partial charge >= 0.3 is 11.9 Å². The Morgan fingerprint density at radius 2 is 1.96 bits per heavy atom. The number of carbonyl (C=O) groups is 2. The SMILES string of the molecule is COC(=O)c1cc(-c2nc(-c3ccccc3OC(C)=O)cs2)c(SC)s1. The summed E-state index contributed by atoms with van der Waals surface area (Å²) in [7, 11) is 1.37. The van der Waals surface area contributed by atoms with Crippen LogP contribution in [0.2, 0.25) is 0 Å². The summed E-state index contributed by atoms with van der Waals surface area (Å²) in [5.74, 6) is -0.255. The highest BCUT2D eigenvalue weighted by atomic mass is 32.2. The van der Waals surface area contributed by atoms with Gasteiger partial charge in [-0.05, 0) is 24.5 Å². The number of hydrogen-bond acceptors (Lipinski definition) is 8. The van der Waals surface area contributed by atoms with Crippen LogP contribution in [0.25, 0.3) is 21.8 Å². The van der Waals surface area contributed by atoms with Crippen LogP contribution in [0.4, 0.5) is 0 Å². The van der Waals surface area contributed by atoms with E-state index in [2.05, 4.69) is 0 Å². The lowest BCUT2D eigenvalue weighted by Gasteiger charge is -2.06. The van der Waals surface area contributed by atoms with E-state index >= 15 is 0 Å². The quantitative estimate of drug-likeness (QED) is 0.339. The molecule has 134 valence electrons. The molecule has 0 fully saturated rings. The normalized spacial score (nSPS) is 10.6. The van der Waals surface area contributed by atoms with E-state index in [1.807, 2.05) is 35.9 Å². The van der Waals surface area contributed by atoms with Gasteiger partial charge in [-0.15, -0.1) is 34.4 Å². The molecule has 8 heteroatoms. The Labute approximate surface area is 163 Å². The number of para-hydroxylation sites is 1. The molecule has 0 unspecified atom stereocenters. The maximum atomic E-state index is 11.8. The molecule has 3 rings (SSSR count). The molecule has 2 aromatic heterocycles. The maximum Gasteiger partial charge on any atom is 0.348 e. The van der Waals surface area contributed by atoms with E-state index in [1.165, 1.54) is 36.7 Å². The Kier molecular flexibility index (Phi) is 5.75. The molecule has 0 saturated heterocycles. The van der Waals surface area contributed by atoms with Crippen molar-refractivity contribution in [3.63, 3.8) is 0 Å². The fraction of sp³-hybridized carbons (Fsp3) is 0.167. The van der Waals surface area contributed by atoms with Crippen molar-refractivity contribution in [1.29, 1.82) is 0 Å². The number of ether oxygens (including phenoxy) is 2. The molecule has 0 saturated carbocycles. The number of thiophene rings is 1. The second-order valence-electron chi connectivity index (χ2n) is 5.14. The number of aromatic nitrogens is 1. The van der Waals surface area contributed by atoms with Gasteiger partial charge < -0.3 is 9.47 Å². The predicted molar refractivity (Wildman–Crippen MR) is 105 cm³/mol. The number of methoxy groups -OCH3 is 1. The van der Waals surface area contributed by atoms with Crippen LogP contribution in [-0.2, 0) is 9.53 Å². The van der Waals surface area contributed by atoms with Crippen LogP contribution in [-0.4, -0.2) is 30.3 Å². The van der Waals surface area contributed by atoms with Gasteiger partial charge in [0.15, 0.2) is 0 Å². The van der Waals surface area contributed by atoms with Gasteiger partial charge in [-0.25, -0.2) is 9.78 Å². The molecule has 3 aromatic rings. The van der Waals surface area contributed by atoms with Crippen LogP contribution in [0.1, 0.15) is 16.6 Å². The first kappa shape index (κ1) is 18.6. The van der Waals surface area contributed by atoms with E-state index < -0.39 is 0 Å². The number of nitrogens with zero attached hydrogens (tertiary/aromatic N) is 1. The van der Waals surface area contributed by atoms with Crippen LogP contribution >= 0.6 is 34.4 Å². The van der Waals surface area contributed by atoms with Crippen molar-refractivity contribution in [3.8, 4) is 27.6 Å². The van der Waals surface area contributed by atoms with E-state index in [-0.39, 0.29) is 11.9 Å². The Bertz CT molecular complexity index is 961. The highest BCUT2D eigenvalue weighted by Crippen LogP contribution is 2.41. The van der Waals surface area contributed by atoms with Gasteiger partial charge in [-0.3, -0.25) is 4.79 Å². The molecule has 0 N–H and O–H groups in total. The summed E-state index contributed by atoms with van der Waals surface area (Å²) < 4.78 is 11.1. The van der Waals surface area contributed by atoms with Crippen molar-refractivity contribution >= 4 is 46.4 Å². The molecule has 1 aromatic carbocycles.